The number of rotatable bonds is 7. The van der Waals surface area contributed by atoms with Crippen LogP contribution in [0, 0.1) is 0 Å². The Labute approximate surface area is 122 Å². The number of nitrogens with one attached hydrogen (secondary N) is 1. The molecule has 0 atom stereocenters. The number of methoxy groups -OCH3 is 1. The van der Waals surface area contributed by atoms with Crippen molar-refractivity contribution in [2.45, 2.75) is 30.1 Å². The molecule has 0 radical (unpaired) electrons. The van der Waals surface area contributed by atoms with E-state index in [4.69, 9.17) is 4.74 Å². The fraction of sp³-hybridized carbons (Fsp3) is 0.500. The minimum atomic E-state index is 0.383. The zero-order valence-corrected chi connectivity index (χ0v) is 12.6. The van der Waals surface area contributed by atoms with Gasteiger partial charge in [-0.3, -0.25) is 0 Å². The SMILES string of the molecule is CCCNc1cc(Sc2nncn2C)nc(COC)n1. The predicted octanol–water partition coefficient (Wildman–Crippen LogP) is 1.72. The zero-order chi connectivity index (χ0) is 14.4. The van der Waals surface area contributed by atoms with Gasteiger partial charge in [-0.2, -0.15) is 0 Å². The van der Waals surface area contributed by atoms with Gasteiger partial charge in [-0.25, -0.2) is 9.97 Å². The lowest BCUT2D eigenvalue weighted by atomic mass is 10.4. The summed E-state index contributed by atoms with van der Waals surface area (Å²) in [6, 6.07) is 1.91. The molecule has 1 N–H and O–H groups in total. The zero-order valence-electron chi connectivity index (χ0n) is 11.8. The Kier molecular flexibility index (Phi) is 5.31. The van der Waals surface area contributed by atoms with E-state index < -0.39 is 0 Å². The summed E-state index contributed by atoms with van der Waals surface area (Å²) >= 11 is 1.45. The quantitative estimate of drug-likeness (QED) is 0.779. The van der Waals surface area contributed by atoms with Crippen LogP contribution in [0.25, 0.3) is 0 Å². The van der Waals surface area contributed by atoms with Crippen LogP contribution in [-0.2, 0) is 18.4 Å². The molecule has 0 saturated heterocycles. The van der Waals surface area contributed by atoms with Gasteiger partial charge in [0.05, 0.1) is 0 Å². The van der Waals surface area contributed by atoms with Gasteiger partial charge in [0, 0.05) is 26.8 Å². The number of nitrogens with zero attached hydrogens (tertiary/aromatic N) is 5. The molecule has 0 amide bonds. The number of hydrogen-bond donors (Lipinski definition) is 1. The minimum absolute atomic E-state index is 0.383. The Morgan fingerprint density at radius 3 is 2.90 bits per heavy atom. The van der Waals surface area contributed by atoms with Crippen molar-refractivity contribution in [1.29, 1.82) is 0 Å². The minimum Gasteiger partial charge on any atom is -0.377 e. The second-order valence-electron chi connectivity index (χ2n) is 4.19. The van der Waals surface area contributed by atoms with E-state index in [1.807, 2.05) is 17.7 Å². The summed E-state index contributed by atoms with van der Waals surface area (Å²) in [4.78, 5) is 8.86. The fourth-order valence-electron chi connectivity index (χ4n) is 1.52. The third kappa shape index (κ3) is 3.91. The van der Waals surface area contributed by atoms with Crippen LogP contribution >= 0.6 is 11.8 Å². The Morgan fingerprint density at radius 1 is 1.40 bits per heavy atom. The standard InChI is InChI=1S/C12H18N6OS/c1-4-5-13-9-6-11(16-10(15-9)7-19-3)20-12-17-14-8-18(12)2/h6,8H,4-5,7H2,1-3H3,(H,13,15,16). The van der Waals surface area contributed by atoms with Crippen molar-refractivity contribution in [3.8, 4) is 0 Å². The van der Waals surface area contributed by atoms with Crippen LogP contribution in [0.1, 0.15) is 19.2 Å². The van der Waals surface area contributed by atoms with Gasteiger partial charge in [0.2, 0.25) is 0 Å². The average molecular weight is 294 g/mol. The van der Waals surface area contributed by atoms with E-state index in [0.29, 0.717) is 12.4 Å². The van der Waals surface area contributed by atoms with Crippen molar-refractivity contribution in [3.05, 3.63) is 18.2 Å². The predicted molar refractivity (Wildman–Crippen MR) is 76.7 cm³/mol. The van der Waals surface area contributed by atoms with E-state index in [9.17, 15) is 0 Å². The van der Waals surface area contributed by atoms with Crippen LogP contribution in [0.2, 0.25) is 0 Å². The van der Waals surface area contributed by atoms with Crippen LogP contribution in [-0.4, -0.2) is 38.4 Å². The first-order valence-electron chi connectivity index (χ1n) is 6.35. The Morgan fingerprint density at radius 2 is 2.25 bits per heavy atom. The maximum atomic E-state index is 5.11. The number of anilines is 1. The Hall–Kier alpha value is -1.67. The lowest BCUT2D eigenvalue weighted by Gasteiger charge is -2.08. The van der Waals surface area contributed by atoms with Gasteiger partial charge in [0.25, 0.3) is 0 Å². The van der Waals surface area contributed by atoms with Gasteiger partial charge in [-0.05, 0) is 18.2 Å². The molecule has 2 aromatic rings. The van der Waals surface area contributed by atoms with E-state index in [1.165, 1.54) is 11.8 Å². The smallest absolute Gasteiger partial charge is 0.197 e. The molecule has 0 aliphatic carbocycles. The summed E-state index contributed by atoms with van der Waals surface area (Å²) in [5.41, 5.74) is 0. The number of aryl methyl sites for hydroxylation is 1. The molecule has 0 fully saturated rings. The van der Waals surface area contributed by atoms with Gasteiger partial charge in [0.1, 0.15) is 23.8 Å². The fourth-order valence-corrected chi connectivity index (χ4v) is 2.31. The Bertz CT molecular complexity index is 559. The summed E-state index contributed by atoms with van der Waals surface area (Å²) in [5, 5.41) is 12.8. The highest BCUT2D eigenvalue weighted by molar-refractivity contribution is 7.99. The van der Waals surface area contributed by atoms with Crippen molar-refractivity contribution in [2.75, 3.05) is 19.0 Å². The molecular formula is C12H18N6OS. The van der Waals surface area contributed by atoms with Crippen molar-refractivity contribution < 1.29 is 4.74 Å². The highest BCUT2D eigenvalue weighted by atomic mass is 32.2. The maximum absolute atomic E-state index is 5.11. The van der Waals surface area contributed by atoms with E-state index >= 15 is 0 Å². The summed E-state index contributed by atoms with van der Waals surface area (Å²) in [5.74, 6) is 1.46. The molecule has 108 valence electrons. The molecule has 0 spiro atoms. The van der Waals surface area contributed by atoms with Crippen LogP contribution in [0.4, 0.5) is 5.82 Å². The molecule has 0 aromatic carbocycles. The van der Waals surface area contributed by atoms with Gasteiger partial charge < -0.3 is 14.6 Å². The first kappa shape index (κ1) is 14.7. The molecule has 0 bridgehead atoms. The third-order valence-electron chi connectivity index (χ3n) is 2.44. The molecule has 7 nitrogen and oxygen atoms in total. The second kappa shape index (κ2) is 7.20. The summed E-state index contributed by atoms with van der Waals surface area (Å²) < 4.78 is 6.96. The van der Waals surface area contributed by atoms with Crippen LogP contribution in [0.15, 0.2) is 22.6 Å². The van der Waals surface area contributed by atoms with Gasteiger partial charge in [-0.1, -0.05) is 6.92 Å². The van der Waals surface area contributed by atoms with E-state index in [0.717, 1.165) is 29.0 Å². The number of ether oxygens (including phenoxy) is 1. The maximum Gasteiger partial charge on any atom is 0.197 e. The monoisotopic (exact) mass is 294 g/mol. The van der Waals surface area contributed by atoms with Crippen molar-refractivity contribution in [3.63, 3.8) is 0 Å². The molecular weight excluding hydrogens is 276 g/mol. The van der Waals surface area contributed by atoms with Gasteiger partial charge in [-0.15, -0.1) is 10.2 Å². The van der Waals surface area contributed by atoms with E-state index in [2.05, 4.69) is 32.4 Å². The molecule has 2 aromatic heterocycles. The van der Waals surface area contributed by atoms with Gasteiger partial charge in [0.15, 0.2) is 11.0 Å². The largest absolute Gasteiger partial charge is 0.377 e. The molecule has 0 aliphatic heterocycles. The first-order valence-corrected chi connectivity index (χ1v) is 7.17. The average Bonchev–Trinajstić information content (AvgIpc) is 2.82. The third-order valence-corrected chi connectivity index (χ3v) is 3.41. The van der Waals surface area contributed by atoms with Gasteiger partial charge >= 0.3 is 0 Å². The second-order valence-corrected chi connectivity index (χ2v) is 5.18. The normalized spacial score (nSPS) is 10.8. The number of aromatic nitrogens is 5. The van der Waals surface area contributed by atoms with Crippen molar-refractivity contribution >= 4 is 17.6 Å². The summed E-state index contributed by atoms with van der Waals surface area (Å²) in [6.07, 6.45) is 2.70. The van der Waals surface area contributed by atoms with Crippen LogP contribution < -0.4 is 5.32 Å². The summed E-state index contributed by atoms with van der Waals surface area (Å²) in [6.45, 7) is 3.37. The molecule has 20 heavy (non-hydrogen) atoms. The Balaban J connectivity index is 2.21. The topological polar surface area (TPSA) is 77.8 Å². The molecule has 0 unspecified atom stereocenters. The van der Waals surface area contributed by atoms with E-state index in [1.54, 1.807) is 13.4 Å². The lowest BCUT2D eigenvalue weighted by Crippen LogP contribution is -2.06. The molecule has 0 aliphatic rings. The molecule has 2 heterocycles. The van der Waals surface area contributed by atoms with E-state index in [-0.39, 0.29) is 0 Å². The molecule has 0 saturated carbocycles. The first-order chi connectivity index (χ1) is 9.72. The van der Waals surface area contributed by atoms with Crippen LogP contribution in [0.3, 0.4) is 0 Å². The van der Waals surface area contributed by atoms with Crippen molar-refractivity contribution in [2.24, 2.45) is 7.05 Å². The van der Waals surface area contributed by atoms with Crippen LogP contribution in [0.5, 0.6) is 0 Å². The summed E-state index contributed by atoms with van der Waals surface area (Å²) in [7, 11) is 3.53. The highest BCUT2D eigenvalue weighted by Gasteiger charge is 2.09. The highest BCUT2D eigenvalue weighted by Crippen LogP contribution is 2.25. The lowest BCUT2D eigenvalue weighted by molar-refractivity contribution is 0.177. The number of hydrogen-bond acceptors (Lipinski definition) is 7. The molecule has 8 heteroatoms. The van der Waals surface area contributed by atoms with Crippen molar-refractivity contribution in [1.82, 2.24) is 24.7 Å². The molecule has 2 rings (SSSR count).